The van der Waals surface area contributed by atoms with E-state index in [1.54, 1.807) is 0 Å². The normalized spacial score (nSPS) is 23.2. The standard InChI is InChI=1S/C23H22Cl2F2N2O2.C2HF3O2/c1-22(2,3)10-18-23(11-28,14-6-5-13(24)9-17(14)27)19(20(29-18)21(30)31)12-4-7-16(26)15(25)8-12;3-2(4,5)1(6)7/h4-9,18-20,29H,10H2,1-3H3,(H,30,31);(H,6,7). The second kappa shape index (κ2) is 11.4. The van der Waals surface area contributed by atoms with Gasteiger partial charge in [0.1, 0.15) is 23.1 Å². The van der Waals surface area contributed by atoms with Crippen LogP contribution < -0.4 is 5.32 Å². The minimum atomic E-state index is -5.08. The van der Waals surface area contributed by atoms with Crippen LogP contribution in [0.2, 0.25) is 10.0 Å². The molecular formula is C25H23Cl2F5N2O4. The van der Waals surface area contributed by atoms with Crippen molar-refractivity contribution in [3.05, 3.63) is 69.2 Å². The van der Waals surface area contributed by atoms with Crippen molar-refractivity contribution in [3.63, 3.8) is 0 Å². The van der Waals surface area contributed by atoms with Crippen molar-refractivity contribution in [2.24, 2.45) is 5.41 Å². The number of rotatable bonds is 4. The Morgan fingerprint density at radius 3 is 2.05 bits per heavy atom. The first-order valence-electron chi connectivity index (χ1n) is 11.0. The quantitative estimate of drug-likeness (QED) is 0.365. The number of hydrogen-bond acceptors (Lipinski definition) is 4. The number of carboxylic acids is 2. The fourth-order valence-corrected chi connectivity index (χ4v) is 4.87. The number of nitrogens with one attached hydrogen (secondary N) is 1. The van der Waals surface area contributed by atoms with Crippen molar-refractivity contribution >= 4 is 35.1 Å². The van der Waals surface area contributed by atoms with E-state index in [-0.39, 0.29) is 21.0 Å². The molecule has 13 heteroatoms. The third-order valence-corrected chi connectivity index (χ3v) is 6.47. The second-order valence-corrected chi connectivity index (χ2v) is 10.7. The summed E-state index contributed by atoms with van der Waals surface area (Å²) in [6.07, 6.45) is -4.70. The molecule has 1 heterocycles. The maximum absolute atomic E-state index is 15.2. The van der Waals surface area contributed by atoms with Gasteiger partial charge >= 0.3 is 18.1 Å². The van der Waals surface area contributed by atoms with Crippen LogP contribution in [0.25, 0.3) is 0 Å². The smallest absolute Gasteiger partial charge is 0.480 e. The van der Waals surface area contributed by atoms with Gasteiger partial charge in [0.15, 0.2) is 0 Å². The highest BCUT2D eigenvalue weighted by Gasteiger charge is 2.60. The van der Waals surface area contributed by atoms with E-state index in [0.717, 1.165) is 12.1 Å². The Balaban J connectivity index is 0.000000638. The highest BCUT2D eigenvalue weighted by Crippen LogP contribution is 2.52. The Morgan fingerprint density at radius 1 is 1.05 bits per heavy atom. The van der Waals surface area contributed by atoms with E-state index in [0.29, 0.717) is 12.0 Å². The molecule has 1 aliphatic heterocycles. The van der Waals surface area contributed by atoms with Gasteiger partial charge in [-0.15, -0.1) is 0 Å². The molecule has 1 saturated heterocycles. The van der Waals surface area contributed by atoms with Crippen molar-refractivity contribution in [3.8, 4) is 6.07 Å². The van der Waals surface area contributed by atoms with Crippen LogP contribution in [0.5, 0.6) is 0 Å². The van der Waals surface area contributed by atoms with Crippen LogP contribution in [0.15, 0.2) is 36.4 Å². The van der Waals surface area contributed by atoms with Gasteiger partial charge in [-0.3, -0.25) is 10.1 Å². The monoisotopic (exact) mass is 580 g/mol. The van der Waals surface area contributed by atoms with Crippen LogP contribution in [0.3, 0.4) is 0 Å². The van der Waals surface area contributed by atoms with Crippen LogP contribution >= 0.6 is 23.2 Å². The number of carboxylic acid groups (broad SMARTS) is 2. The van der Waals surface area contributed by atoms with Crippen molar-refractivity contribution in [1.82, 2.24) is 5.32 Å². The lowest BCUT2D eigenvalue weighted by Gasteiger charge is -2.37. The van der Waals surface area contributed by atoms with E-state index in [1.165, 1.54) is 24.3 Å². The summed E-state index contributed by atoms with van der Waals surface area (Å²) in [5, 5.41) is 30.6. The summed E-state index contributed by atoms with van der Waals surface area (Å²) in [5.41, 5.74) is -1.54. The summed E-state index contributed by atoms with van der Waals surface area (Å²) in [5.74, 6) is -6.37. The summed E-state index contributed by atoms with van der Waals surface area (Å²) in [4.78, 5) is 21.1. The van der Waals surface area contributed by atoms with Gasteiger partial charge in [0.2, 0.25) is 0 Å². The molecule has 0 saturated carbocycles. The molecule has 3 rings (SSSR count). The Hall–Kier alpha value is -2.94. The first-order valence-corrected chi connectivity index (χ1v) is 11.7. The third-order valence-electron chi connectivity index (χ3n) is 5.94. The molecule has 1 aliphatic rings. The number of alkyl halides is 3. The van der Waals surface area contributed by atoms with Gasteiger partial charge in [-0.05, 0) is 41.7 Å². The maximum atomic E-state index is 15.2. The fourth-order valence-electron chi connectivity index (χ4n) is 4.52. The molecule has 4 atom stereocenters. The molecule has 2 aromatic rings. The van der Waals surface area contributed by atoms with E-state index in [1.807, 2.05) is 20.8 Å². The zero-order chi connectivity index (χ0) is 29.2. The predicted octanol–water partition coefficient (Wildman–Crippen LogP) is 6.31. The molecule has 0 radical (unpaired) electrons. The van der Waals surface area contributed by atoms with Crippen LogP contribution in [0.1, 0.15) is 44.2 Å². The lowest BCUT2D eigenvalue weighted by atomic mass is 9.63. The van der Waals surface area contributed by atoms with Crippen LogP contribution in [0, 0.1) is 28.4 Å². The Morgan fingerprint density at radius 2 is 1.63 bits per heavy atom. The third kappa shape index (κ3) is 6.73. The average molecular weight is 581 g/mol. The predicted molar refractivity (Wildman–Crippen MR) is 129 cm³/mol. The molecule has 0 bridgehead atoms. The lowest BCUT2D eigenvalue weighted by molar-refractivity contribution is -0.192. The summed E-state index contributed by atoms with van der Waals surface area (Å²) < 4.78 is 60.8. The Bertz CT molecular complexity index is 1260. The highest BCUT2D eigenvalue weighted by atomic mass is 35.5. The summed E-state index contributed by atoms with van der Waals surface area (Å²) in [6.45, 7) is 5.85. The zero-order valence-corrected chi connectivity index (χ0v) is 21.7. The molecule has 3 N–H and O–H groups in total. The van der Waals surface area contributed by atoms with Crippen LogP contribution in [0.4, 0.5) is 22.0 Å². The van der Waals surface area contributed by atoms with Gasteiger partial charge in [-0.25, -0.2) is 13.6 Å². The van der Waals surface area contributed by atoms with E-state index < -0.39 is 53.2 Å². The van der Waals surface area contributed by atoms with Crippen molar-refractivity contribution in [2.75, 3.05) is 0 Å². The van der Waals surface area contributed by atoms with E-state index in [9.17, 15) is 32.7 Å². The van der Waals surface area contributed by atoms with Gasteiger partial charge in [-0.2, -0.15) is 18.4 Å². The summed E-state index contributed by atoms with van der Waals surface area (Å²) >= 11 is 11.9. The molecule has 38 heavy (non-hydrogen) atoms. The topological polar surface area (TPSA) is 110 Å². The minimum absolute atomic E-state index is 0.0374. The number of aliphatic carboxylic acids is 2. The van der Waals surface area contributed by atoms with Crippen LogP contribution in [-0.2, 0) is 15.0 Å². The van der Waals surface area contributed by atoms with E-state index >= 15 is 4.39 Å². The SMILES string of the molecule is CC(C)(C)CC1NC(C(=O)O)C(c2ccc(F)c(Cl)c2)C1(C#N)c1ccc(Cl)cc1F.O=C(O)C(F)(F)F. The summed E-state index contributed by atoms with van der Waals surface area (Å²) in [7, 11) is 0. The molecule has 0 amide bonds. The molecule has 2 aromatic carbocycles. The van der Waals surface area contributed by atoms with Gasteiger partial charge < -0.3 is 10.2 Å². The molecule has 6 nitrogen and oxygen atoms in total. The fraction of sp³-hybridized carbons (Fsp3) is 0.400. The molecule has 0 aliphatic carbocycles. The molecular weight excluding hydrogens is 558 g/mol. The van der Waals surface area contributed by atoms with Gasteiger partial charge in [-0.1, -0.05) is 56.1 Å². The molecule has 4 unspecified atom stereocenters. The van der Waals surface area contributed by atoms with E-state index in [4.69, 9.17) is 33.1 Å². The zero-order valence-electron chi connectivity index (χ0n) is 20.2. The molecule has 206 valence electrons. The Labute approximate surface area is 225 Å². The van der Waals surface area contributed by atoms with Crippen LogP contribution in [-0.4, -0.2) is 40.4 Å². The summed E-state index contributed by atoms with van der Waals surface area (Å²) in [6, 6.07) is 8.13. The first kappa shape index (κ1) is 31.3. The average Bonchev–Trinajstić information content (AvgIpc) is 3.09. The minimum Gasteiger partial charge on any atom is -0.480 e. The maximum Gasteiger partial charge on any atom is 0.490 e. The van der Waals surface area contributed by atoms with Crippen molar-refractivity contribution < 1.29 is 41.8 Å². The number of carbonyl (C=O) groups is 2. The van der Waals surface area contributed by atoms with Crippen molar-refractivity contribution in [2.45, 2.75) is 56.8 Å². The highest BCUT2D eigenvalue weighted by molar-refractivity contribution is 6.31. The second-order valence-electron chi connectivity index (χ2n) is 9.86. The molecule has 0 spiro atoms. The lowest BCUT2D eigenvalue weighted by Crippen LogP contribution is -2.44. The molecule has 1 fully saturated rings. The number of benzene rings is 2. The van der Waals surface area contributed by atoms with Gasteiger partial charge in [0.25, 0.3) is 0 Å². The first-order chi connectivity index (χ1) is 17.3. The number of nitriles is 1. The Kier molecular flexibility index (Phi) is 9.41. The van der Waals surface area contributed by atoms with Gasteiger partial charge in [0, 0.05) is 22.5 Å². The largest absolute Gasteiger partial charge is 0.490 e. The number of halogens is 7. The van der Waals surface area contributed by atoms with Crippen molar-refractivity contribution in [1.29, 1.82) is 5.26 Å². The van der Waals surface area contributed by atoms with E-state index in [2.05, 4.69) is 11.4 Å². The number of hydrogen-bond donors (Lipinski definition) is 3. The van der Waals surface area contributed by atoms with Gasteiger partial charge in [0.05, 0.1) is 11.1 Å². The molecule has 0 aromatic heterocycles. The number of nitrogens with zero attached hydrogens (tertiary/aromatic N) is 1.